The number of carbonyl (C=O) groups is 3. The first kappa shape index (κ1) is 29.5. The molecule has 0 saturated carbocycles. The number of rotatable bonds is 3. The average Bonchev–Trinajstić information content (AvgIpc) is 2.27. The van der Waals surface area contributed by atoms with Crippen LogP contribution in [0.2, 0.25) is 0 Å². The molecule has 0 fully saturated rings. The van der Waals surface area contributed by atoms with Crippen molar-refractivity contribution in [2.75, 3.05) is 0 Å². The minimum Gasteiger partial charge on any atom is -0.481 e. The van der Waals surface area contributed by atoms with Crippen molar-refractivity contribution < 1.29 is 48.9 Å². The number of hydrogen-bond acceptors (Lipinski definition) is 4. The highest BCUT2D eigenvalue weighted by Gasteiger charge is 2.00. The second-order valence-corrected chi connectivity index (χ2v) is 6.02. The highest BCUT2D eigenvalue weighted by Crippen LogP contribution is 2.25. The first-order chi connectivity index (χ1) is 9.93. The Hall–Kier alpha value is -1.48. The summed E-state index contributed by atoms with van der Waals surface area (Å²) in [6.45, 7) is 9.85. The summed E-state index contributed by atoms with van der Waals surface area (Å²) in [5, 5.41) is 24.0. The number of phosphoric acid groups is 1. The van der Waals surface area contributed by atoms with Crippen LogP contribution in [0.3, 0.4) is 0 Å². The molecule has 0 bridgehead atoms. The van der Waals surface area contributed by atoms with Crippen molar-refractivity contribution in [2.45, 2.75) is 41.5 Å². The molecule has 0 aromatic rings. The summed E-state index contributed by atoms with van der Waals surface area (Å²) in [5.41, 5.74) is 0. The highest BCUT2D eigenvalue weighted by atomic mass is 31.2. The Morgan fingerprint density at radius 3 is 0.652 bits per heavy atom. The molecule has 0 aliphatic rings. The molecule has 0 aliphatic heterocycles. The van der Waals surface area contributed by atoms with Crippen LogP contribution in [0.1, 0.15) is 41.5 Å². The van der Waals surface area contributed by atoms with Crippen LogP contribution in [0.15, 0.2) is 0 Å². The van der Waals surface area contributed by atoms with Gasteiger partial charge >= 0.3 is 25.7 Å². The zero-order chi connectivity index (χ0) is 20.0. The molecule has 0 amide bonds. The molecule has 11 heteroatoms. The Labute approximate surface area is 135 Å². The molecule has 6 N–H and O–H groups in total. The normalized spacial score (nSPS) is 9.74. The van der Waals surface area contributed by atoms with Crippen LogP contribution in [0.5, 0.6) is 0 Å². The fourth-order valence-electron chi connectivity index (χ4n) is 0. The Morgan fingerprint density at radius 1 is 0.609 bits per heavy atom. The molecular weight excluding hydrogens is 335 g/mol. The molecule has 23 heavy (non-hydrogen) atoms. The Kier molecular flexibility index (Phi) is 19.8. The van der Waals surface area contributed by atoms with E-state index in [0.717, 1.165) is 0 Å². The Bertz CT molecular complexity index is 332. The second-order valence-electron chi connectivity index (χ2n) is 4.99. The molecule has 140 valence electrons. The van der Waals surface area contributed by atoms with Crippen molar-refractivity contribution in [1.82, 2.24) is 0 Å². The van der Waals surface area contributed by atoms with Gasteiger partial charge in [0.2, 0.25) is 0 Å². The van der Waals surface area contributed by atoms with Crippen molar-refractivity contribution in [1.29, 1.82) is 0 Å². The van der Waals surface area contributed by atoms with Crippen LogP contribution >= 0.6 is 7.82 Å². The lowest BCUT2D eigenvalue weighted by molar-refractivity contribution is -0.141. The van der Waals surface area contributed by atoms with E-state index in [9.17, 15) is 14.4 Å². The third-order valence-corrected chi connectivity index (χ3v) is 1.48. The van der Waals surface area contributed by atoms with E-state index < -0.39 is 25.7 Å². The van der Waals surface area contributed by atoms with Crippen molar-refractivity contribution in [3.8, 4) is 0 Å². The molecule has 0 spiro atoms. The summed E-state index contributed by atoms with van der Waals surface area (Å²) in [7, 11) is -4.64. The van der Waals surface area contributed by atoms with Crippen LogP contribution in [-0.4, -0.2) is 47.9 Å². The summed E-state index contributed by atoms with van der Waals surface area (Å²) in [5.74, 6) is -2.92. The van der Waals surface area contributed by atoms with Gasteiger partial charge in [0.1, 0.15) is 0 Å². The summed E-state index contributed by atoms with van der Waals surface area (Å²) >= 11 is 0. The standard InChI is InChI=1S/3C4H8O2.H3O4P/c3*1-3(2)4(5)6;1-5(2,3)4/h3*3H,1-2H3,(H,5,6);(H3,1,2,3,4). The average molecular weight is 362 g/mol. The van der Waals surface area contributed by atoms with Gasteiger partial charge in [0, 0.05) is 0 Å². The van der Waals surface area contributed by atoms with Crippen molar-refractivity contribution in [3.63, 3.8) is 0 Å². The molecule has 0 heterocycles. The molecule has 0 atom stereocenters. The maximum atomic E-state index is 9.70. The second kappa shape index (κ2) is 15.4. The fourth-order valence-corrected chi connectivity index (χ4v) is 0. The highest BCUT2D eigenvalue weighted by molar-refractivity contribution is 7.45. The number of carboxylic acids is 3. The maximum absolute atomic E-state index is 9.70. The number of carboxylic acid groups (broad SMARTS) is 3. The Morgan fingerprint density at radius 2 is 0.652 bits per heavy atom. The Balaban J connectivity index is -0.000000105. The number of hydrogen-bond donors (Lipinski definition) is 6. The molecule has 0 radical (unpaired) electrons. The van der Waals surface area contributed by atoms with E-state index in [4.69, 9.17) is 34.6 Å². The third-order valence-electron chi connectivity index (χ3n) is 1.48. The minimum absolute atomic E-state index is 0.231. The van der Waals surface area contributed by atoms with Crippen molar-refractivity contribution >= 4 is 25.7 Å². The molecule has 0 unspecified atom stereocenters. The van der Waals surface area contributed by atoms with Gasteiger partial charge in [-0.1, -0.05) is 41.5 Å². The third kappa shape index (κ3) is 63.6. The van der Waals surface area contributed by atoms with E-state index >= 15 is 0 Å². The van der Waals surface area contributed by atoms with Crippen LogP contribution in [0, 0.1) is 17.8 Å². The molecule has 0 rings (SSSR count). The first-order valence-corrected chi connectivity index (χ1v) is 7.96. The monoisotopic (exact) mass is 362 g/mol. The van der Waals surface area contributed by atoms with E-state index in [2.05, 4.69) is 0 Å². The smallest absolute Gasteiger partial charge is 0.466 e. The van der Waals surface area contributed by atoms with Gasteiger partial charge in [-0.15, -0.1) is 0 Å². The van der Waals surface area contributed by atoms with E-state index in [1.54, 1.807) is 41.5 Å². The lowest BCUT2D eigenvalue weighted by atomic mass is 10.2. The lowest BCUT2D eigenvalue weighted by Gasteiger charge is -1.89. The zero-order valence-electron chi connectivity index (χ0n) is 14.0. The molecule has 0 saturated heterocycles. The summed E-state index contributed by atoms with van der Waals surface area (Å²) < 4.78 is 8.88. The van der Waals surface area contributed by atoms with E-state index in [-0.39, 0.29) is 17.8 Å². The molecular formula is C12H27O10P. The van der Waals surface area contributed by atoms with Gasteiger partial charge in [-0.3, -0.25) is 14.4 Å². The largest absolute Gasteiger partial charge is 0.481 e. The van der Waals surface area contributed by atoms with E-state index in [0.29, 0.717) is 0 Å². The topological polar surface area (TPSA) is 190 Å². The van der Waals surface area contributed by atoms with Crippen LogP contribution in [0.4, 0.5) is 0 Å². The lowest BCUT2D eigenvalue weighted by Crippen LogP contribution is -2.03. The van der Waals surface area contributed by atoms with E-state index in [1.165, 1.54) is 0 Å². The van der Waals surface area contributed by atoms with Crippen molar-refractivity contribution in [2.24, 2.45) is 17.8 Å². The summed E-state index contributed by atoms with van der Waals surface area (Å²) in [4.78, 5) is 50.7. The van der Waals surface area contributed by atoms with Gasteiger partial charge in [0.05, 0.1) is 17.8 Å². The van der Waals surface area contributed by atoms with Gasteiger partial charge in [-0.05, 0) is 0 Å². The molecule has 0 aromatic heterocycles. The van der Waals surface area contributed by atoms with Gasteiger partial charge in [-0.2, -0.15) is 0 Å². The predicted molar refractivity (Wildman–Crippen MR) is 81.7 cm³/mol. The van der Waals surface area contributed by atoms with Gasteiger partial charge in [-0.25, -0.2) is 4.57 Å². The summed E-state index contributed by atoms with van der Waals surface area (Å²) in [6, 6.07) is 0. The zero-order valence-corrected chi connectivity index (χ0v) is 14.9. The summed E-state index contributed by atoms with van der Waals surface area (Å²) in [6.07, 6.45) is 0. The van der Waals surface area contributed by atoms with Gasteiger partial charge < -0.3 is 30.0 Å². The molecule has 10 nitrogen and oxygen atoms in total. The minimum atomic E-state index is -4.64. The van der Waals surface area contributed by atoms with Gasteiger partial charge in [0.15, 0.2) is 0 Å². The predicted octanol–water partition coefficient (Wildman–Crippen LogP) is 1.25. The van der Waals surface area contributed by atoms with Crippen molar-refractivity contribution in [3.05, 3.63) is 0 Å². The number of aliphatic carboxylic acids is 3. The first-order valence-electron chi connectivity index (χ1n) is 6.40. The molecule has 0 aromatic carbocycles. The van der Waals surface area contributed by atoms with E-state index in [1.807, 2.05) is 0 Å². The maximum Gasteiger partial charge on any atom is 0.466 e. The van der Waals surface area contributed by atoms with Crippen LogP contribution in [-0.2, 0) is 18.9 Å². The quantitative estimate of drug-likeness (QED) is 0.398. The SMILES string of the molecule is CC(C)C(=O)O.CC(C)C(=O)O.CC(C)C(=O)O.O=P(O)(O)O. The van der Waals surface area contributed by atoms with Crippen LogP contribution < -0.4 is 0 Å². The van der Waals surface area contributed by atoms with Crippen LogP contribution in [0.25, 0.3) is 0 Å². The fraction of sp³-hybridized carbons (Fsp3) is 0.750. The molecule has 0 aliphatic carbocycles. The van der Waals surface area contributed by atoms with Gasteiger partial charge in [0.25, 0.3) is 0 Å².